The Morgan fingerprint density at radius 1 is 1.47 bits per heavy atom. The Bertz CT molecular complexity index is 364. The van der Waals surface area contributed by atoms with Crippen LogP contribution < -0.4 is 5.32 Å². The van der Waals surface area contributed by atoms with Crippen LogP contribution in [-0.4, -0.2) is 13.1 Å². The van der Waals surface area contributed by atoms with E-state index in [-0.39, 0.29) is 10.8 Å². The number of rotatable bonds is 1. The van der Waals surface area contributed by atoms with Crippen molar-refractivity contribution in [2.45, 2.75) is 18.8 Å². The predicted octanol–water partition coefficient (Wildman–Crippen LogP) is 3.71. The van der Waals surface area contributed by atoms with Gasteiger partial charge in [0.15, 0.2) is 0 Å². The van der Waals surface area contributed by atoms with Gasteiger partial charge in [-0.25, -0.2) is 4.39 Å². The van der Waals surface area contributed by atoms with Crippen LogP contribution in [-0.2, 0) is 0 Å². The first-order valence-corrected chi connectivity index (χ1v) is 6.20. The van der Waals surface area contributed by atoms with Crippen LogP contribution in [0, 0.1) is 5.82 Å². The number of halogens is 3. The zero-order valence-corrected chi connectivity index (χ0v) is 10.5. The first kappa shape index (κ1) is 11.4. The molecule has 0 saturated carbocycles. The number of hydrogen-bond donors (Lipinski definition) is 1. The summed E-state index contributed by atoms with van der Waals surface area (Å²) < 4.78 is 14.2. The fourth-order valence-corrected chi connectivity index (χ4v) is 2.70. The van der Waals surface area contributed by atoms with E-state index in [0.29, 0.717) is 5.92 Å². The van der Waals surface area contributed by atoms with E-state index in [4.69, 9.17) is 11.6 Å². The molecule has 1 aromatic carbocycles. The van der Waals surface area contributed by atoms with Gasteiger partial charge in [-0.05, 0) is 43.0 Å². The first-order chi connectivity index (χ1) is 7.18. The van der Waals surface area contributed by atoms with Gasteiger partial charge in [-0.3, -0.25) is 0 Å². The number of benzene rings is 1. The lowest BCUT2D eigenvalue weighted by Gasteiger charge is -2.24. The second-order valence-corrected chi connectivity index (χ2v) is 5.13. The molecule has 0 bridgehead atoms. The fraction of sp³-hybridized carbons (Fsp3) is 0.455. The monoisotopic (exact) mass is 291 g/mol. The summed E-state index contributed by atoms with van der Waals surface area (Å²) in [6.07, 6.45) is 2.19. The van der Waals surface area contributed by atoms with Gasteiger partial charge in [0.05, 0.1) is 5.02 Å². The maximum atomic E-state index is 13.4. The lowest BCUT2D eigenvalue weighted by Crippen LogP contribution is -2.28. The maximum Gasteiger partial charge on any atom is 0.143 e. The predicted molar refractivity (Wildman–Crippen MR) is 64.0 cm³/mol. The van der Waals surface area contributed by atoms with E-state index in [0.717, 1.165) is 36.0 Å². The molecule has 0 radical (unpaired) electrons. The Kier molecular flexibility index (Phi) is 3.65. The standard InChI is InChI=1S/C11H12BrClFN/c12-8-4-9(11(13)10(14)5-8)7-2-1-3-15-6-7/h4-5,7,15H,1-3,6H2. The summed E-state index contributed by atoms with van der Waals surface area (Å²) >= 11 is 9.27. The first-order valence-electron chi connectivity index (χ1n) is 5.03. The van der Waals surface area contributed by atoms with Crippen LogP contribution in [0.2, 0.25) is 5.02 Å². The van der Waals surface area contributed by atoms with Crippen molar-refractivity contribution in [3.63, 3.8) is 0 Å². The van der Waals surface area contributed by atoms with E-state index in [2.05, 4.69) is 21.2 Å². The van der Waals surface area contributed by atoms with Crippen molar-refractivity contribution in [2.24, 2.45) is 0 Å². The van der Waals surface area contributed by atoms with Gasteiger partial charge in [0.25, 0.3) is 0 Å². The van der Waals surface area contributed by atoms with E-state index in [1.54, 1.807) is 0 Å². The van der Waals surface area contributed by atoms with Crippen molar-refractivity contribution in [1.29, 1.82) is 0 Å². The minimum Gasteiger partial charge on any atom is -0.316 e. The van der Waals surface area contributed by atoms with E-state index in [1.165, 1.54) is 6.07 Å². The van der Waals surface area contributed by atoms with Crippen LogP contribution in [0.1, 0.15) is 24.3 Å². The van der Waals surface area contributed by atoms with Gasteiger partial charge in [-0.1, -0.05) is 27.5 Å². The fourth-order valence-electron chi connectivity index (χ4n) is 1.99. The lowest BCUT2D eigenvalue weighted by atomic mass is 9.91. The molecule has 1 atom stereocenters. The second-order valence-electron chi connectivity index (χ2n) is 3.83. The Hall–Kier alpha value is -0.120. The molecule has 2 rings (SSSR count). The third-order valence-corrected chi connectivity index (χ3v) is 3.61. The molecule has 15 heavy (non-hydrogen) atoms. The van der Waals surface area contributed by atoms with Gasteiger partial charge in [-0.15, -0.1) is 0 Å². The van der Waals surface area contributed by atoms with Gasteiger partial charge < -0.3 is 5.32 Å². The molecule has 4 heteroatoms. The number of hydrogen-bond acceptors (Lipinski definition) is 1. The summed E-state index contributed by atoms with van der Waals surface area (Å²) in [6, 6.07) is 3.32. The summed E-state index contributed by atoms with van der Waals surface area (Å²) in [4.78, 5) is 0. The summed E-state index contributed by atoms with van der Waals surface area (Å²) in [5.41, 5.74) is 0.913. The Morgan fingerprint density at radius 2 is 2.27 bits per heavy atom. The molecule has 0 aromatic heterocycles. The van der Waals surface area contributed by atoms with Gasteiger partial charge in [0, 0.05) is 11.0 Å². The normalized spacial score (nSPS) is 21.7. The molecule has 0 spiro atoms. The van der Waals surface area contributed by atoms with Crippen molar-refractivity contribution in [3.05, 3.63) is 33.0 Å². The van der Waals surface area contributed by atoms with Crippen LogP contribution >= 0.6 is 27.5 Å². The topological polar surface area (TPSA) is 12.0 Å². The maximum absolute atomic E-state index is 13.4. The molecule has 1 saturated heterocycles. The largest absolute Gasteiger partial charge is 0.316 e. The lowest BCUT2D eigenvalue weighted by molar-refractivity contribution is 0.460. The Labute approximate surface area is 102 Å². The van der Waals surface area contributed by atoms with E-state index < -0.39 is 0 Å². The quantitative estimate of drug-likeness (QED) is 0.778. The van der Waals surface area contributed by atoms with Crippen molar-refractivity contribution in [3.8, 4) is 0 Å². The highest BCUT2D eigenvalue weighted by molar-refractivity contribution is 9.10. The van der Waals surface area contributed by atoms with Gasteiger partial charge in [-0.2, -0.15) is 0 Å². The molecule has 1 unspecified atom stereocenters. The third-order valence-electron chi connectivity index (χ3n) is 2.76. The third kappa shape index (κ3) is 2.52. The molecule has 1 fully saturated rings. The molecule has 1 aliphatic heterocycles. The average molecular weight is 293 g/mol. The van der Waals surface area contributed by atoms with Crippen molar-refractivity contribution in [2.75, 3.05) is 13.1 Å². The van der Waals surface area contributed by atoms with Crippen LogP contribution in [0.3, 0.4) is 0 Å². The second kappa shape index (κ2) is 4.81. The molecular weight excluding hydrogens is 280 g/mol. The minimum absolute atomic E-state index is 0.270. The van der Waals surface area contributed by atoms with Crippen molar-refractivity contribution in [1.82, 2.24) is 5.32 Å². The zero-order chi connectivity index (χ0) is 10.8. The Balaban J connectivity index is 2.33. The molecule has 1 aliphatic rings. The Morgan fingerprint density at radius 3 is 2.93 bits per heavy atom. The van der Waals surface area contributed by atoms with Crippen molar-refractivity contribution < 1.29 is 4.39 Å². The zero-order valence-electron chi connectivity index (χ0n) is 8.19. The molecule has 1 N–H and O–H groups in total. The molecule has 1 heterocycles. The van der Waals surface area contributed by atoms with Crippen LogP contribution in [0.25, 0.3) is 0 Å². The summed E-state index contributed by atoms with van der Waals surface area (Å²) in [5.74, 6) is -0.00938. The van der Waals surface area contributed by atoms with E-state index in [1.807, 2.05) is 6.07 Å². The minimum atomic E-state index is -0.341. The average Bonchev–Trinajstić information content (AvgIpc) is 2.24. The molecular formula is C11H12BrClFN. The highest BCUT2D eigenvalue weighted by Crippen LogP contribution is 2.33. The van der Waals surface area contributed by atoms with Gasteiger partial charge >= 0.3 is 0 Å². The van der Waals surface area contributed by atoms with Gasteiger partial charge in [0.2, 0.25) is 0 Å². The highest BCUT2D eigenvalue weighted by Gasteiger charge is 2.20. The molecule has 0 aliphatic carbocycles. The SMILES string of the molecule is Fc1cc(Br)cc(C2CCCNC2)c1Cl. The number of piperidine rings is 1. The molecule has 1 aromatic rings. The molecule has 1 nitrogen and oxygen atoms in total. The highest BCUT2D eigenvalue weighted by atomic mass is 79.9. The van der Waals surface area contributed by atoms with Crippen LogP contribution in [0.5, 0.6) is 0 Å². The van der Waals surface area contributed by atoms with Crippen LogP contribution in [0.15, 0.2) is 16.6 Å². The summed E-state index contributed by atoms with van der Waals surface area (Å²) in [5, 5.41) is 3.57. The van der Waals surface area contributed by atoms with E-state index >= 15 is 0 Å². The summed E-state index contributed by atoms with van der Waals surface area (Å²) in [7, 11) is 0. The van der Waals surface area contributed by atoms with E-state index in [9.17, 15) is 4.39 Å². The van der Waals surface area contributed by atoms with Crippen LogP contribution in [0.4, 0.5) is 4.39 Å². The van der Waals surface area contributed by atoms with Gasteiger partial charge in [0.1, 0.15) is 5.82 Å². The molecule has 82 valence electrons. The smallest absolute Gasteiger partial charge is 0.143 e. The van der Waals surface area contributed by atoms with Crippen molar-refractivity contribution >= 4 is 27.5 Å². The summed E-state index contributed by atoms with van der Waals surface area (Å²) in [6.45, 7) is 1.93. The molecule has 0 amide bonds. The number of nitrogens with one attached hydrogen (secondary N) is 1.